The molecule has 0 aliphatic rings. The molecule has 1 aromatic carbocycles. The second kappa shape index (κ2) is 5.05. The summed E-state index contributed by atoms with van der Waals surface area (Å²) < 4.78 is 0. The van der Waals surface area contributed by atoms with Gasteiger partial charge in [-0.15, -0.1) is 0 Å². The lowest BCUT2D eigenvalue weighted by Gasteiger charge is -1.92. The number of aromatic nitrogens is 1. The summed E-state index contributed by atoms with van der Waals surface area (Å²) in [6, 6.07) is 6.34. The maximum absolute atomic E-state index is 10.6. The van der Waals surface area contributed by atoms with Gasteiger partial charge in [0.05, 0.1) is 10.6 Å². The Labute approximate surface area is 108 Å². The van der Waals surface area contributed by atoms with Crippen molar-refractivity contribution in [3.63, 3.8) is 0 Å². The van der Waals surface area contributed by atoms with Crippen LogP contribution in [0.1, 0.15) is 16.1 Å². The molecule has 1 aromatic heterocycles. The first kappa shape index (κ1) is 12.4. The van der Waals surface area contributed by atoms with Gasteiger partial charge < -0.3 is 0 Å². The Kier molecular flexibility index (Phi) is 3.47. The largest absolute Gasteiger partial charge is 0.270 e. The van der Waals surface area contributed by atoms with Crippen molar-refractivity contribution in [1.29, 1.82) is 0 Å². The third-order valence-electron chi connectivity index (χ3n) is 2.42. The van der Waals surface area contributed by atoms with Gasteiger partial charge in [-0.1, -0.05) is 23.5 Å². The number of hydrogen-bond acceptors (Lipinski definition) is 5. The summed E-state index contributed by atoms with van der Waals surface area (Å²) in [4.78, 5) is 19.8. The van der Waals surface area contributed by atoms with Gasteiger partial charge in [0.1, 0.15) is 0 Å². The predicted octanol–water partition coefficient (Wildman–Crippen LogP) is 3.42. The van der Waals surface area contributed by atoms with E-state index in [9.17, 15) is 10.1 Å². The number of aryl methyl sites for hydroxylation is 2. The lowest BCUT2D eigenvalue weighted by molar-refractivity contribution is -0.384. The molecule has 0 saturated carbocycles. The number of benzene rings is 1. The summed E-state index contributed by atoms with van der Waals surface area (Å²) in [6.45, 7) is 3.91. The molecule has 0 saturated heterocycles. The number of nitrogens with zero attached hydrogens (tertiary/aromatic N) is 3. The van der Waals surface area contributed by atoms with Crippen LogP contribution in [-0.4, -0.2) is 16.1 Å². The van der Waals surface area contributed by atoms with E-state index >= 15 is 0 Å². The van der Waals surface area contributed by atoms with Gasteiger partial charge in [-0.3, -0.25) is 10.1 Å². The van der Waals surface area contributed by atoms with Crippen molar-refractivity contribution in [1.82, 2.24) is 4.98 Å². The van der Waals surface area contributed by atoms with Crippen LogP contribution in [0.5, 0.6) is 0 Å². The normalized spacial score (nSPS) is 11.0. The molecular formula is C12H11N3O2S. The van der Waals surface area contributed by atoms with Crippen LogP contribution in [0, 0.1) is 24.0 Å². The van der Waals surface area contributed by atoms with Crippen LogP contribution in [0.4, 0.5) is 10.8 Å². The first-order valence-corrected chi connectivity index (χ1v) is 6.10. The molecule has 0 atom stereocenters. The average Bonchev–Trinajstić information content (AvgIpc) is 2.67. The third kappa shape index (κ3) is 2.78. The van der Waals surface area contributed by atoms with Gasteiger partial charge >= 0.3 is 0 Å². The molecule has 1 heterocycles. The highest BCUT2D eigenvalue weighted by Gasteiger charge is 2.05. The molecule has 18 heavy (non-hydrogen) atoms. The lowest BCUT2D eigenvalue weighted by Crippen LogP contribution is -1.89. The number of nitro groups is 1. The zero-order chi connectivity index (χ0) is 13.1. The molecule has 6 heteroatoms. The Bertz CT molecular complexity index is 600. The Morgan fingerprint density at radius 1 is 1.44 bits per heavy atom. The van der Waals surface area contributed by atoms with E-state index in [1.54, 1.807) is 18.3 Å². The highest BCUT2D eigenvalue weighted by molar-refractivity contribution is 7.15. The molecule has 0 radical (unpaired) electrons. The zero-order valence-electron chi connectivity index (χ0n) is 9.95. The molecule has 0 amide bonds. The molecule has 2 aromatic rings. The average molecular weight is 261 g/mol. The Hall–Kier alpha value is -2.08. The number of hydrogen-bond donors (Lipinski definition) is 0. The van der Waals surface area contributed by atoms with Gasteiger partial charge in [-0.25, -0.2) is 9.98 Å². The maximum Gasteiger partial charge on any atom is 0.270 e. The minimum Gasteiger partial charge on any atom is -0.258 e. The second-order valence-corrected chi connectivity index (χ2v) is 4.93. The first-order valence-electron chi connectivity index (χ1n) is 5.29. The third-order valence-corrected chi connectivity index (χ3v) is 3.40. The van der Waals surface area contributed by atoms with Crippen molar-refractivity contribution in [3.05, 3.63) is 50.5 Å². The SMILES string of the molecule is Cc1nc(/N=C/c2cccc([N+](=O)[O-])c2)sc1C. The molecule has 2 rings (SSSR count). The van der Waals surface area contributed by atoms with E-state index < -0.39 is 4.92 Å². The molecule has 0 bridgehead atoms. The fourth-order valence-electron chi connectivity index (χ4n) is 1.36. The van der Waals surface area contributed by atoms with Crippen LogP contribution < -0.4 is 0 Å². The number of rotatable bonds is 3. The standard InChI is InChI=1S/C12H11N3O2S/c1-8-9(2)18-12(14-8)13-7-10-4-3-5-11(6-10)15(16)17/h3-7H,1-2H3/b13-7+. The summed E-state index contributed by atoms with van der Waals surface area (Å²) in [7, 11) is 0. The minimum absolute atomic E-state index is 0.0606. The van der Waals surface area contributed by atoms with Crippen molar-refractivity contribution in [3.8, 4) is 0 Å². The highest BCUT2D eigenvalue weighted by Crippen LogP contribution is 2.23. The molecular weight excluding hydrogens is 250 g/mol. The van der Waals surface area contributed by atoms with E-state index in [-0.39, 0.29) is 5.69 Å². The Morgan fingerprint density at radius 3 is 2.83 bits per heavy atom. The van der Waals surface area contributed by atoms with Gasteiger partial charge in [-0.05, 0) is 19.4 Å². The van der Waals surface area contributed by atoms with E-state index in [1.165, 1.54) is 23.5 Å². The van der Waals surface area contributed by atoms with E-state index in [4.69, 9.17) is 0 Å². The smallest absolute Gasteiger partial charge is 0.258 e. The van der Waals surface area contributed by atoms with E-state index in [2.05, 4.69) is 9.98 Å². The van der Waals surface area contributed by atoms with Crippen molar-refractivity contribution < 1.29 is 4.92 Å². The van der Waals surface area contributed by atoms with Gasteiger partial charge in [-0.2, -0.15) is 0 Å². The molecule has 0 aliphatic carbocycles. The molecule has 92 valence electrons. The summed E-state index contributed by atoms with van der Waals surface area (Å²) >= 11 is 1.50. The van der Waals surface area contributed by atoms with Crippen molar-refractivity contribution in [2.24, 2.45) is 4.99 Å². The molecule has 0 unspecified atom stereocenters. The number of nitro benzene ring substituents is 1. The molecule has 0 fully saturated rings. The molecule has 0 aliphatic heterocycles. The number of aliphatic imine (C=N–C) groups is 1. The van der Waals surface area contributed by atoms with Crippen LogP contribution in [0.3, 0.4) is 0 Å². The van der Waals surface area contributed by atoms with Crippen molar-refractivity contribution in [2.45, 2.75) is 13.8 Å². The Morgan fingerprint density at radius 2 is 2.22 bits per heavy atom. The summed E-state index contributed by atoms with van der Waals surface area (Å²) in [6.07, 6.45) is 1.59. The lowest BCUT2D eigenvalue weighted by atomic mass is 10.2. The number of thiazole rings is 1. The fourth-order valence-corrected chi connectivity index (χ4v) is 2.11. The first-order chi connectivity index (χ1) is 8.56. The van der Waals surface area contributed by atoms with Gasteiger partial charge in [0.25, 0.3) is 5.69 Å². The number of non-ortho nitro benzene ring substituents is 1. The van der Waals surface area contributed by atoms with Crippen molar-refractivity contribution in [2.75, 3.05) is 0 Å². The topological polar surface area (TPSA) is 68.4 Å². The van der Waals surface area contributed by atoms with E-state index in [0.29, 0.717) is 10.7 Å². The van der Waals surface area contributed by atoms with E-state index in [0.717, 1.165) is 10.6 Å². The predicted molar refractivity (Wildman–Crippen MR) is 71.9 cm³/mol. The molecule has 0 N–H and O–H groups in total. The van der Waals surface area contributed by atoms with Crippen LogP contribution in [0.15, 0.2) is 29.3 Å². The quantitative estimate of drug-likeness (QED) is 0.483. The zero-order valence-corrected chi connectivity index (χ0v) is 10.8. The minimum atomic E-state index is -0.422. The van der Waals surface area contributed by atoms with Gasteiger partial charge in [0.15, 0.2) is 0 Å². The second-order valence-electron chi connectivity index (χ2n) is 3.75. The summed E-state index contributed by atoms with van der Waals surface area (Å²) in [5.74, 6) is 0. The Balaban J connectivity index is 2.23. The van der Waals surface area contributed by atoms with Crippen LogP contribution in [-0.2, 0) is 0 Å². The van der Waals surface area contributed by atoms with Crippen LogP contribution >= 0.6 is 11.3 Å². The van der Waals surface area contributed by atoms with Gasteiger partial charge in [0.2, 0.25) is 5.13 Å². The summed E-state index contributed by atoms with van der Waals surface area (Å²) in [5.41, 5.74) is 1.71. The summed E-state index contributed by atoms with van der Waals surface area (Å²) in [5, 5.41) is 11.3. The van der Waals surface area contributed by atoms with Crippen LogP contribution in [0.25, 0.3) is 0 Å². The van der Waals surface area contributed by atoms with E-state index in [1.807, 2.05) is 13.8 Å². The maximum atomic E-state index is 10.6. The molecule has 0 spiro atoms. The molecule has 5 nitrogen and oxygen atoms in total. The van der Waals surface area contributed by atoms with Crippen LogP contribution in [0.2, 0.25) is 0 Å². The van der Waals surface area contributed by atoms with Crippen molar-refractivity contribution >= 4 is 28.4 Å². The van der Waals surface area contributed by atoms with Gasteiger partial charge in [0, 0.05) is 23.2 Å². The highest BCUT2D eigenvalue weighted by atomic mass is 32.1. The monoisotopic (exact) mass is 261 g/mol. The fraction of sp³-hybridized carbons (Fsp3) is 0.167.